The Bertz CT molecular complexity index is 1010. The van der Waals surface area contributed by atoms with Crippen molar-refractivity contribution in [1.82, 2.24) is 15.0 Å². The number of hydrogen-bond acceptors (Lipinski definition) is 6. The lowest BCUT2D eigenvalue weighted by molar-refractivity contribution is -0.117. The summed E-state index contributed by atoms with van der Waals surface area (Å²) in [5, 5.41) is 7.60. The highest BCUT2D eigenvalue weighted by molar-refractivity contribution is 6.30. The van der Waals surface area contributed by atoms with Crippen molar-refractivity contribution in [3.63, 3.8) is 0 Å². The van der Waals surface area contributed by atoms with Crippen LogP contribution >= 0.6 is 11.6 Å². The van der Waals surface area contributed by atoms with Gasteiger partial charge in [-0.3, -0.25) is 9.69 Å². The van der Waals surface area contributed by atoms with Crippen LogP contribution in [-0.2, 0) is 16.1 Å². The molecule has 1 aromatic heterocycles. The normalized spacial score (nSPS) is 11.1. The van der Waals surface area contributed by atoms with Crippen molar-refractivity contribution >= 4 is 23.2 Å². The highest BCUT2D eigenvalue weighted by Gasteiger charge is 2.17. The zero-order valence-electron chi connectivity index (χ0n) is 17.3. The highest BCUT2D eigenvalue weighted by atomic mass is 35.5. The lowest BCUT2D eigenvalue weighted by Gasteiger charge is -2.20. The first-order valence-corrected chi connectivity index (χ1v) is 10.00. The number of hydrogen-bond donors (Lipinski definition) is 1. The van der Waals surface area contributed by atoms with Crippen LogP contribution in [0, 0.1) is 13.8 Å². The number of amides is 1. The van der Waals surface area contributed by atoms with Crippen molar-refractivity contribution in [3.8, 4) is 11.4 Å². The minimum atomic E-state index is -0.116. The zero-order chi connectivity index (χ0) is 21.5. The number of aryl methyl sites for hydroxylation is 1. The van der Waals surface area contributed by atoms with Crippen molar-refractivity contribution in [2.24, 2.45) is 0 Å². The minimum Gasteiger partial charge on any atom is -0.383 e. The van der Waals surface area contributed by atoms with E-state index in [9.17, 15) is 4.79 Å². The summed E-state index contributed by atoms with van der Waals surface area (Å²) in [5.41, 5.74) is 3.77. The monoisotopic (exact) mass is 428 g/mol. The van der Waals surface area contributed by atoms with Crippen LogP contribution in [-0.4, -0.2) is 47.8 Å². The highest BCUT2D eigenvalue weighted by Crippen LogP contribution is 2.21. The predicted octanol–water partition coefficient (Wildman–Crippen LogP) is 4.09. The summed E-state index contributed by atoms with van der Waals surface area (Å²) in [4.78, 5) is 19.0. The minimum absolute atomic E-state index is 0.116. The van der Waals surface area contributed by atoms with Crippen LogP contribution in [0.1, 0.15) is 17.0 Å². The molecule has 158 valence electrons. The zero-order valence-corrected chi connectivity index (χ0v) is 18.1. The van der Waals surface area contributed by atoms with Crippen molar-refractivity contribution in [2.75, 3.05) is 32.1 Å². The number of anilines is 1. The average Bonchev–Trinajstić information content (AvgIpc) is 3.18. The molecule has 2 aromatic carbocycles. The molecule has 1 N–H and O–H groups in total. The van der Waals surface area contributed by atoms with Gasteiger partial charge in [0.1, 0.15) is 0 Å². The number of nitrogens with zero attached hydrogens (tertiary/aromatic N) is 3. The summed E-state index contributed by atoms with van der Waals surface area (Å²) in [6.45, 7) is 5.53. The first-order chi connectivity index (χ1) is 14.5. The van der Waals surface area contributed by atoms with E-state index >= 15 is 0 Å². The quantitative estimate of drug-likeness (QED) is 0.552. The number of methoxy groups -OCH3 is 1. The SMILES string of the molecule is COCCN(CC(=O)Nc1cccc(C)c1C)Cc1nc(-c2cccc(Cl)c2)no1. The molecule has 1 heterocycles. The second-order valence-corrected chi connectivity index (χ2v) is 7.46. The van der Waals surface area contributed by atoms with E-state index in [4.69, 9.17) is 20.9 Å². The smallest absolute Gasteiger partial charge is 0.241 e. The Kier molecular flexibility index (Phi) is 7.57. The molecule has 0 unspecified atom stereocenters. The van der Waals surface area contributed by atoms with E-state index < -0.39 is 0 Å². The summed E-state index contributed by atoms with van der Waals surface area (Å²) in [7, 11) is 1.62. The maximum atomic E-state index is 12.6. The van der Waals surface area contributed by atoms with E-state index in [1.807, 2.05) is 49.1 Å². The Morgan fingerprint density at radius 1 is 1.23 bits per heavy atom. The lowest BCUT2D eigenvalue weighted by Crippen LogP contribution is -2.35. The summed E-state index contributed by atoms with van der Waals surface area (Å²) in [5.74, 6) is 0.758. The number of carbonyl (C=O) groups excluding carboxylic acids is 1. The molecule has 3 aromatic rings. The van der Waals surface area contributed by atoms with Crippen LogP contribution in [0.2, 0.25) is 5.02 Å². The Morgan fingerprint density at radius 3 is 2.80 bits per heavy atom. The van der Waals surface area contributed by atoms with E-state index in [1.165, 1.54) is 0 Å². The molecule has 0 spiro atoms. The van der Waals surface area contributed by atoms with Gasteiger partial charge >= 0.3 is 0 Å². The second kappa shape index (κ2) is 10.3. The van der Waals surface area contributed by atoms with E-state index in [0.29, 0.717) is 36.4 Å². The summed E-state index contributed by atoms with van der Waals surface area (Å²) in [6.07, 6.45) is 0. The Labute approximate surface area is 181 Å². The molecule has 0 radical (unpaired) electrons. The molecule has 0 saturated carbocycles. The lowest BCUT2D eigenvalue weighted by atomic mass is 10.1. The Balaban J connectivity index is 1.67. The molecule has 30 heavy (non-hydrogen) atoms. The maximum Gasteiger partial charge on any atom is 0.241 e. The van der Waals surface area contributed by atoms with Crippen LogP contribution in [0.25, 0.3) is 11.4 Å². The summed E-state index contributed by atoms with van der Waals surface area (Å²) >= 11 is 6.03. The van der Waals surface area contributed by atoms with Crippen LogP contribution in [0.15, 0.2) is 47.0 Å². The molecule has 0 fully saturated rings. The number of aromatic nitrogens is 2. The summed E-state index contributed by atoms with van der Waals surface area (Å²) in [6, 6.07) is 13.1. The predicted molar refractivity (Wildman–Crippen MR) is 116 cm³/mol. The summed E-state index contributed by atoms with van der Waals surface area (Å²) < 4.78 is 10.6. The van der Waals surface area contributed by atoms with E-state index in [0.717, 1.165) is 22.4 Å². The van der Waals surface area contributed by atoms with Gasteiger partial charge in [0.2, 0.25) is 17.6 Å². The van der Waals surface area contributed by atoms with Gasteiger partial charge in [0.05, 0.1) is 19.7 Å². The molecular weight excluding hydrogens is 404 g/mol. The van der Waals surface area contributed by atoms with Crippen LogP contribution in [0.5, 0.6) is 0 Å². The number of carbonyl (C=O) groups is 1. The van der Waals surface area contributed by atoms with E-state index in [1.54, 1.807) is 19.2 Å². The molecule has 0 aliphatic rings. The van der Waals surface area contributed by atoms with Gasteiger partial charge in [-0.05, 0) is 43.2 Å². The van der Waals surface area contributed by atoms with Crippen molar-refractivity contribution in [3.05, 3.63) is 64.5 Å². The molecule has 0 aliphatic heterocycles. The van der Waals surface area contributed by atoms with Gasteiger partial charge in [-0.2, -0.15) is 4.98 Å². The second-order valence-electron chi connectivity index (χ2n) is 7.02. The topological polar surface area (TPSA) is 80.5 Å². The van der Waals surface area contributed by atoms with Gasteiger partial charge in [0.25, 0.3) is 0 Å². The van der Waals surface area contributed by atoms with Gasteiger partial charge in [-0.25, -0.2) is 0 Å². The van der Waals surface area contributed by atoms with Crippen molar-refractivity contribution in [2.45, 2.75) is 20.4 Å². The number of ether oxygens (including phenoxy) is 1. The van der Waals surface area contributed by atoms with Gasteiger partial charge < -0.3 is 14.6 Å². The molecule has 0 aliphatic carbocycles. The van der Waals surface area contributed by atoms with Crippen LogP contribution in [0.4, 0.5) is 5.69 Å². The van der Waals surface area contributed by atoms with Gasteiger partial charge in [-0.15, -0.1) is 0 Å². The first kappa shape index (κ1) is 22.0. The standard InChI is InChI=1S/C22H25ClN4O3/c1-15-6-4-9-19(16(15)2)24-20(28)13-27(10-11-29-3)14-21-25-22(26-30-21)17-7-5-8-18(23)12-17/h4-9,12H,10-11,13-14H2,1-3H3,(H,24,28). The Morgan fingerprint density at radius 2 is 2.03 bits per heavy atom. The molecule has 7 nitrogen and oxygen atoms in total. The Hall–Kier alpha value is -2.74. The molecule has 3 rings (SSSR count). The fraction of sp³-hybridized carbons (Fsp3) is 0.318. The fourth-order valence-corrected chi connectivity index (χ4v) is 3.16. The van der Waals surface area contributed by atoms with E-state index in [-0.39, 0.29) is 12.5 Å². The van der Waals surface area contributed by atoms with Gasteiger partial charge in [0.15, 0.2) is 0 Å². The third-order valence-electron chi connectivity index (χ3n) is 4.77. The van der Waals surface area contributed by atoms with Crippen molar-refractivity contribution in [1.29, 1.82) is 0 Å². The molecule has 0 bridgehead atoms. The number of benzene rings is 2. The average molecular weight is 429 g/mol. The molecule has 8 heteroatoms. The largest absolute Gasteiger partial charge is 0.383 e. The third kappa shape index (κ3) is 5.89. The van der Waals surface area contributed by atoms with Crippen LogP contribution < -0.4 is 5.32 Å². The molecule has 0 atom stereocenters. The number of nitrogens with one attached hydrogen (secondary N) is 1. The first-order valence-electron chi connectivity index (χ1n) is 9.62. The number of rotatable bonds is 9. The van der Waals surface area contributed by atoms with E-state index in [2.05, 4.69) is 15.5 Å². The fourth-order valence-electron chi connectivity index (χ4n) is 2.97. The molecule has 0 saturated heterocycles. The van der Waals surface area contributed by atoms with Gasteiger partial charge in [0, 0.05) is 29.9 Å². The van der Waals surface area contributed by atoms with Crippen LogP contribution in [0.3, 0.4) is 0 Å². The van der Waals surface area contributed by atoms with Gasteiger partial charge in [-0.1, -0.05) is 41.0 Å². The molecule has 1 amide bonds. The maximum absolute atomic E-state index is 12.6. The third-order valence-corrected chi connectivity index (χ3v) is 5.00. The molecular formula is C22H25ClN4O3. The number of halogens is 1. The van der Waals surface area contributed by atoms with Crippen molar-refractivity contribution < 1.29 is 14.1 Å².